The zero-order valence-electron chi connectivity index (χ0n) is 17.1. The first-order valence-electron chi connectivity index (χ1n) is 9.94. The van der Waals surface area contributed by atoms with Crippen LogP contribution in [-0.2, 0) is 15.7 Å². The second-order valence-corrected chi connectivity index (χ2v) is 6.80. The highest BCUT2D eigenvalue weighted by Crippen LogP contribution is 2.30. The molecule has 0 bridgehead atoms. The fourth-order valence-electron chi connectivity index (χ4n) is 2.56. The van der Waals surface area contributed by atoms with E-state index >= 15 is 0 Å². The van der Waals surface area contributed by atoms with Gasteiger partial charge in [0.05, 0.1) is 12.2 Å². The average Bonchev–Trinajstić information content (AvgIpc) is 2.71. The molecule has 0 N–H and O–H groups in total. The van der Waals surface area contributed by atoms with Crippen molar-refractivity contribution in [2.75, 3.05) is 6.61 Å². The summed E-state index contributed by atoms with van der Waals surface area (Å²) in [6, 6.07) is 8.37. The molecule has 30 heavy (non-hydrogen) atoms. The number of nitrogens with zero attached hydrogens (tertiary/aromatic N) is 1. The third-order valence-corrected chi connectivity index (χ3v) is 4.25. The van der Waals surface area contributed by atoms with Gasteiger partial charge in [0.15, 0.2) is 6.10 Å². The van der Waals surface area contributed by atoms with Crippen LogP contribution in [0.15, 0.2) is 42.6 Å². The van der Waals surface area contributed by atoms with Gasteiger partial charge in [-0.1, -0.05) is 32.6 Å². The number of esters is 1. The number of hydrogen-bond donors (Lipinski definition) is 0. The number of aromatic nitrogens is 1. The molecule has 0 amide bonds. The topological polar surface area (TPSA) is 57.7 Å². The Kier molecular flexibility index (Phi) is 8.95. The summed E-state index contributed by atoms with van der Waals surface area (Å²) in [5, 5.41) is 0. The fourth-order valence-corrected chi connectivity index (χ4v) is 2.56. The van der Waals surface area contributed by atoms with Crippen molar-refractivity contribution in [1.29, 1.82) is 0 Å². The van der Waals surface area contributed by atoms with Gasteiger partial charge in [-0.25, -0.2) is 9.78 Å². The maximum Gasteiger partial charge on any atom is 0.417 e. The van der Waals surface area contributed by atoms with Crippen molar-refractivity contribution in [2.45, 2.75) is 58.2 Å². The summed E-state index contributed by atoms with van der Waals surface area (Å²) in [7, 11) is 0. The number of pyridine rings is 1. The number of halogens is 3. The molecule has 0 saturated heterocycles. The molecule has 0 radical (unpaired) electrons. The first kappa shape index (κ1) is 23.5. The molecule has 0 saturated carbocycles. The van der Waals surface area contributed by atoms with E-state index in [-0.39, 0.29) is 5.88 Å². The monoisotopic (exact) mass is 425 g/mol. The number of carbonyl (C=O) groups excluding carboxylic acids is 1. The Labute approximate surface area is 174 Å². The van der Waals surface area contributed by atoms with E-state index in [9.17, 15) is 18.0 Å². The third-order valence-electron chi connectivity index (χ3n) is 4.25. The van der Waals surface area contributed by atoms with Crippen LogP contribution >= 0.6 is 0 Å². The zero-order valence-corrected chi connectivity index (χ0v) is 17.1. The lowest BCUT2D eigenvalue weighted by Crippen LogP contribution is -2.26. The highest BCUT2D eigenvalue weighted by atomic mass is 19.4. The molecule has 0 aliphatic heterocycles. The molecule has 0 aliphatic rings. The molecule has 5 nitrogen and oxygen atoms in total. The Morgan fingerprint density at radius 1 is 1.00 bits per heavy atom. The summed E-state index contributed by atoms with van der Waals surface area (Å²) in [6.07, 6.45) is 0.854. The van der Waals surface area contributed by atoms with Gasteiger partial charge in [-0.2, -0.15) is 13.2 Å². The summed E-state index contributed by atoms with van der Waals surface area (Å²) >= 11 is 0. The largest absolute Gasteiger partial charge is 0.479 e. The van der Waals surface area contributed by atoms with Gasteiger partial charge in [-0.3, -0.25) is 0 Å². The zero-order chi connectivity index (χ0) is 22.0. The molecule has 1 aromatic carbocycles. The molecule has 8 heteroatoms. The molecule has 164 valence electrons. The van der Waals surface area contributed by atoms with E-state index in [4.69, 9.17) is 14.2 Å². The van der Waals surface area contributed by atoms with E-state index in [1.807, 2.05) is 0 Å². The van der Waals surface area contributed by atoms with Crippen LogP contribution in [0.1, 0.15) is 51.5 Å². The van der Waals surface area contributed by atoms with Crippen LogP contribution in [0.3, 0.4) is 0 Å². The van der Waals surface area contributed by atoms with Crippen molar-refractivity contribution < 1.29 is 32.2 Å². The number of rotatable bonds is 11. The molecule has 1 atom stereocenters. The second-order valence-electron chi connectivity index (χ2n) is 6.80. The van der Waals surface area contributed by atoms with Crippen molar-refractivity contribution in [3.63, 3.8) is 0 Å². The molecule has 0 fully saturated rings. The molecule has 0 spiro atoms. The first-order chi connectivity index (χ1) is 14.3. The lowest BCUT2D eigenvalue weighted by molar-refractivity contribution is -0.151. The minimum Gasteiger partial charge on any atom is -0.479 e. The van der Waals surface area contributed by atoms with Gasteiger partial charge >= 0.3 is 12.1 Å². The summed E-state index contributed by atoms with van der Waals surface area (Å²) < 4.78 is 53.9. The molecular formula is C22H26F3NO4. The van der Waals surface area contributed by atoms with Gasteiger partial charge in [0, 0.05) is 12.3 Å². The highest BCUT2D eigenvalue weighted by Gasteiger charge is 2.30. The summed E-state index contributed by atoms with van der Waals surface area (Å²) in [5.74, 6) is 0.416. The average molecular weight is 425 g/mol. The minimum absolute atomic E-state index is 0.0348. The van der Waals surface area contributed by atoms with E-state index in [2.05, 4.69) is 11.9 Å². The number of carbonyl (C=O) groups is 1. The number of alkyl halides is 3. The summed E-state index contributed by atoms with van der Waals surface area (Å²) in [6.45, 7) is 4.13. The van der Waals surface area contributed by atoms with Crippen molar-refractivity contribution in [3.8, 4) is 17.4 Å². The summed E-state index contributed by atoms with van der Waals surface area (Å²) in [5.41, 5.74) is -0.847. The van der Waals surface area contributed by atoms with Crippen LogP contribution < -0.4 is 9.47 Å². The van der Waals surface area contributed by atoms with Crippen LogP contribution in [0.25, 0.3) is 0 Å². The van der Waals surface area contributed by atoms with Crippen LogP contribution in [-0.4, -0.2) is 23.7 Å². The smallest absolute Gasteiger partial charge is 0.417 e. The normalized spacial score (nSPS) is 12.3. The standard InChI is InChI=1S/C22H26F3NO4/c1-3-4-5-6-7-14-28-21(27)16(2)29-18-9-11-19(12-10-18)30-20-13-8-17(15-26-20)22(23,24)25/h8-13,15-16H,3-7,14H2,1-2H3. The van der Waals surface area contributed by atoms with E-state index in [1.54, 1.807) is 31.2 Å². The van der Waals surface area contributed by atoms with Gasteiger partial charge in [0.2, 0.25) is 5.88 Å². The predicted molar refractivity (Wildman–Crippen MR) is 106 cm³/mol. The Morgan fingerprint density at radius 3 is 2.27 bits per heavy atom. The fraction of sp³-hybridized carbons (Fsp3) is 0.455. The molecule has 1 heterocycles. The van der Waals surface area contributed by atoms with Crippen LogP contribution in [0.2, 0.25) is 0 Å². The molecule has 0 aliphatic carbocycles. The minimum atomic E-state index is -4.45. The SMILES string of the molecule is CCCCCCCOC(=O)C(C)Oc1ccc(Oc2ccc(C(F)(F)F)cn2)cc1. The van der Waals surface area contributed by atoms with Gasteiger partial charge in [0.25, 0.3) is 0 Å². The van der Waals surface area contributed by atoms with Crippen LogP contribution in [0.4, 0.5) is 13.2 Å². The number of hydrogen-bond acceptors (Lipinski definition) is 5. The van der Waals surface area contributed by atoms with Gasteiger partial charge in [0.1, 0.15) is 11.5 Å². The lowest BCUT2D eigenvalue weighted by atomic mass is 10.2. The van der Waals surface area contributed by atoms with E-state index in [1.165, 1.54) is 6.42 Å². The third kappa shape index (κ3) is 7.93. The highest BCUT2D eigenvalue weighted by molar-refractivity contribution is 5.74. The Hall–Kier alpha value is -2.77. The van der Waals surface area contributed by atoms with E-state index in [0.29, 0.717) is 24.3 Å². The van der Waals surface area contributed by atoms with E-state index in [0.717, 1.165) is 37.8 Å². The maximum atomic E-state index is 12.6. The predicted octanol–water partition coefficient (Wildman–Crippen LogP) is 6.17. The van der Waals surface area contributed by atoms with Crippen LogP contribution in [0.5, 0.6) is 17.4 Å². The number of benzene rings is 1. The van der Waals surface area contributed by atoms with Crippen LogP contribution in [0, 0.1) is 0 Å². The van der Waals surface area contributed by atoms with Gasteiger partial charge in [-0.15, -0.1) is 0 Å². The van der Waals surface area contributed by atoms with Gasteiger partial charge in [-0.05, 0) is 43.7 Å². The summed E-state index contributed by atoms with van der Waals surface area (Å²) in [4.78, 5) is 15.6. The Balaban J connectivity index is 1.79. The molecule has 1 aromatic heterocycles. The molecule has 1 unspecified atom stereocenters. The van der Waals surface area contributed by atoms with Crippen molar-refractivity contribution in [3.05, 3.63) is 48.2 Å². The molecule has 2 aromatic rings. The number of ether oxygens (including phenoxy) is 3. The number of unbranched alkanes of at least 4 members (excludes halogenated alkanes) is 4. The Bertz CT molecular complexity index is 776. The van der Waals surface area contributed by atoms with Gasteiger partial charge < -0.3 is 14.2 Å². The maximum absolute atomic E-state index is 12.6. The van der Waals surface area contributed by atoms with Crippen molar-refractivity contribution in [1.82, 2.24) is 4.98 Å². The van der Waals surface area contributed by atoms with E-state index < -0.39 is 23.8 Å². The molecule has 2 rings (SSSR count). The molecular weight excluding hydrogens is 399 g/mol. The quantitative estimate of drug-likeness (QED) is 0.318. The Morgan fingerprint density at radius 2 is 1.67 bits per heavy atom. The first-order valence-corrected chi connectivity index (χ1v) is 9.94. The van der Waals surface area contributed by atoms with Crippen molar-refractivity contribution >= 4 is 5.97 Å². The second kappa shape index (κ2) is 11.4. The lowest BCUT2D eigenvalue weighted by Gasteiger charge is -2.14. The van der Waals surface area contributed by atoms with Crippen molar-refractivity contribution in [2.24, 2.45) is 0 Å².